The lowest BCUT2D eigenvalue weighted by Gasteiger charge is -2.49. The Morgan fingerprint density at radius 2 is 1.73 bits per heavy atom. The average molecular weight is 470 g/mol. The van der Waals surface area contributed by atoms with Gasteiger partial charge in [-0.25, -0.2) is 0 Å². The Hall–Kier alpha value is -2.38. The number of nitrogens with zero attached hydrogens (tertiary/aromatic N) is 2. The van der Waals surface area contributed by atoms with Gasteiger partial charge in [-0.05, 0) is 88.1 Å². The quantitative estimate of drug-likeness (QED) is 0.182. The Morgan fingerprint density at radius 1 is 1.12 bits per heavy atom. The molecule has 180 valence electrons. The summed E-state index contributed by atoms with van der Waals surface area (Å²) in [6.45, 7) is 10.8. The van der Waals surface area contributed by atoms with Crippen LogP contribution in [0.25, 0.3) is 5.57 Å². The zero-order valence-electron chi connectivity index (χ0n) is 21.2. The SMILES string of the molecule is Cc1cc(C(/C=C\C=O)=C/N(C)C)ccc1C(=N)SC(=N)N(C)C1CC(C)(C)NC(C)(C)C1. The predicted octanol–water partition coefficient (Wildman–Crippen LogP) is 4.89. The minimum absolute atomic E-state index is 0.00162. The van der Waals surface area contributed by atoms with Crippen LogP contribution in [0.2, 0.25) is 0 Å². The maximum atomic E-state index is 10.8. The lowest BCUT2D eigenvalue weighted by molar-refractivity contribution is -0.104. The van der Waals surface area contributed by atoms with Gasteiger partial charge in [0.25, 0.3) is 0 Å². The number of aryl methyl sites for hydroxylation is 1. The molecule has 6 nitrogen and oxygen atoms in total. The monoisotopic (exact) mass is 469 g/mol. The molecule has 0 bridgehead atoms. The van der Waals surface area contributed by atoms with E-state index in [9.17, 15) is 4.79 Å². The van der Waals surface area contributed by atoms with E-state index >= 15 is 0 Å². The first-order valence-corrected chi connectivity index (χ1v) is 12.0. The standard InChI is InChI=1S/C26H39N5OS/c1-18-14-19(20(10-9-13-32)17-30(6)7)11-12-22(18)23(27)33-24(28)31(8)21-15-25(2,3)29-26(4,5)16-21/h9-14,17,21,27-29H,15-16H2,1-8H3/b10-9-,20-17+,27-23?,28-24?. The van der Waals surface area contributed by atoms with E-state index in [-0.39, 0.29) is 17.1 Å². The number of benzene rings is 1. The summed E-state index contributed by atoms with van der Waals surface area (Å²) in [6.07, 6.45) is 7.90. The van der Waals surface area contributed by atoms with Crippen molar-refractivity contribution in [3.05, 3.63) is 53.2 Å². The van der Waals surface area contributed by atoms with Gasteiger partial charge in [0.15, 0.2) is 5.17 Å². The highest BCUT2D eigenvalue weighted by Gasteiger charge is 2.39. The number of nitrogens with one attached hydrogen (secondary N) is 3. The largest absolute Gasteiger partial charge is 0.383 e. The third kappa shape index (κ3) is 7.57. The lowest BCUT2D eigenvalue weighted by atomic mass is 9.79. The van der Waals surface area contributed by atoms with Crippen molar-refractivity contribution in [2.45, 2.75) is 64.6 Å². The predicted molar refractivity (Wildman–Crippen MR) is 142 cm³/mol. The van der Waals surface area contributed by atoms with Crippen LogP contribution >= 0.6 is 11.8 Å². The number of amidine groups is 1. The number of carbonyl (C=O) groups is 1. The summed E-state index contributed by atoms with van der Waals surface area (Å²) < 4.78 is 0. The summed E-state index contributed by atoms with van der Waals surface area (Å²) in [6, 6.07) is 6.17. The zero-order chi connectivity index (χ0) is 25.0. The highest BCUT2D eigenvalue weighted by molar-refractivity contribution is 8.26. The van der Waals surface area contributed by atoms with Gasteiger partial charge in [0.1, 0.15) is 11.3 Å². The zero-order valence-corrected chi connectivity index (χ0v) is 22.1. The maximum Gasteiger partial charge on any atom is 0.162 e. The van der Waals surface area contributed by atoms with Crippen molar-refractivity contribution in [3.8, 4) is 0 Å². The summed E-state index contributed by atoms with van der Waals surface area (Å²) in [7, 11) is 5.85. The molecule has 3 N–H and O–H groups in total. The topological polar surface area (TPSA) is 83.3 Å². The van der Waals surface area contributed by atoms with Crippen LogP contribution in [0.4, 0.5) is 0 Å². The van der Waals surface area contributed by atoms with E-state index in [1.54, 1.807) is 6.08 Å². The van der Waals surface area contributed by atoms with Crippen LogP contribution in [0.1, 0.15) is 57.2 Å². The van der Waals surface area contributed by atoms with E-state index in [4.69, 9.17) is 10.8 Å². The van der Waals surface area contributed by atoms with Crippen LogP contribution in [0, 0.1) is 17.7 Å². The fourth-order valence-corrected chi connectivity index (χ4v) is 5.49. The molecule has 1 aliphatic heterocycles. The number of carbonyl (C=O) groups excluding carboxylic acids is 1. The number of piperidine rings is 1. The number of rotatable bonds is 6. The van der Waals surface area contributed by atoms with Gasteiger partial charge >= 0.3 is 0 Å². The Balaban J connectivity index is 2.17. The van der Waals surface area contributed by atoms with Gasteiger partial charge in [-0.15, -0.1) is 0 Å². The molecule has 0 unspecified atom stereocenters. The van der Waals surface area contributed by atoms with Crippen molar-refractivity contribution in [2.24, 2.45) is 0 Å². The van der Waals surface area contributed by atoms with Crippen LogP contribution < -0.4 is 5.32 Å². The van der Waals surface area contributed by atoms with Crippen molar-refractivity contribution in [1.82, 2.24) is 15.1 Å². The Labute approximate surface area is 203 Å². The van der Waals surface area contributed by atoms with Crippen LogP contribution in [-0.4, -0.2) is 64.6 Å². The Kier molecular flexibility index (Phi) is 8.71. The first-order valence-electron chi connectivity index (χ1n) is 11.2. The molecule has 2 rings (SSSR count). The van der Waals surface area contributed by atoms with Crippen molar-refractivity contribution >= 4 is 33.8 Å². The average Bonchev–Trinajstić information content (AvgIpc) is 2.67. The molecule has 0 amide bonds. The summed E-state index contributed by atoms with van der Waals surface area (Å²) in [4.78, 5) is 14.8. The molecule has 0 saturated carbocycles. The second-order valence-corrected chi connectivity index (χ2v) is 11.4. The van der Waals surface area contributed by atoms with E-state index < -0.39 is 0 Å². The molecule has 0 aliphatic carbocycles. The molecule has 1 aromatic carbocycles. The van der Waals surface area contributed by atoms with E-state index in [0.29, 0.717) is 10.2 Å². The minimum Gasteiger partial charge on any atom is -0.383 e. The van der Waals surface area contributed by atoms with Crippen LogP contribution in [0.3, 0.4) is 0 Å². The smallest absolute Gasteiger partial charge is 0.162 e. The van der Waals surface area contributed by atoms with E-state index in [2.05, 4.69) is 33.0 Å². The van der Waals surface area contributed by atoms with Crippen LogP contribution in [0.5, 0.6) is 0 Å². The molecule has 1 fully saturated rings. The number of thioether (sulfide) groups is 1. The van der Waals surface area contributed by atoms with E-state index in [1.807, 2.05) is 62.3 Å². The molecule has 0 aromatic heterocycles. The first kappa shape index (κ1) is 26.9. The second-order valence-electron chi connectivity index (χ2n) is 10.4. The van der Waals surface area contributed by atoms with Gasteiger partial charge < -0.3 is 15.1 Å². The van der Waals surface area contributed by atoms with Gasteiger partial charge in [-0.2, -0.15) is 0 Å². The Bertz CT molecular complexity index is 945. The molecule has 1 aliphatic rings. The molecule has 7 heteroatoms. The third-order valence-corrected chi connectivity index (χ3v) is 6.70. The molecule has 1 heterocycles. The van der Waals surface area contributed by atoms with Gasteiger partial charge in [-0.3, -0.25) is 15.6 Å². The third-order valence-electron chi connectivity index (χ3n) is 5.79. The maximum absolute atomic E-state index is 10.8. The molecule has 0 atom stereocenters. The molecule has 1 saturated heterocycles. The van der Waals surface area contributed by atoms with Gasteiger partial charge in [0.2, 0.25) is 0 Å². The summed E-state index contributed by atoms with van der Waals surface area (Å²) >= 11 is 1.20. The van der Waals surface area contributed by atoms with Gasteiger partial charge in [0, 0.05) is 50.0 Å². The lowest BCUT2D eigenvalue weighted by Crippen LogP contribution is -2.62. The van der Waals surface area contributed by atoms with Gasteiger partial charge in [-0.1, -0.05) is 18.2 Å². The number of hydrogen-bond donors (Lipinski definition) is 3. The number of aldehydes is 1. The Morgan fingerprint density at radius 3 is 2.24 bits per heavy atom. The molecule has 0 radical (unpaired) electrons. The van der Waals surface area contributed by atoms with Gasteiger partial charge in [0.05, 0.1) is 0 Å². The first-order chi connectivity index (χ1) is 15.2. The summed E-state index contributed by atoms with van der Waals surface area (Å²) in [5.41, 5.74) is 3.69. The molecular weight excluding hydrogens is 430 g/mol. The summed E-state index contributed by atoms with van der Waals surface area (Å²) in [5, 5.41) is 21.8. The normalized spacial score (nSPS) is 18.2. The molecule has 0 spiro atoms. The van der Waals surface area contributed by atoms with Crippen molar-refractivity contribution in [3.63, 3.8) is 0 Å². The van der Waals surface area contributed by atoms with Crippen LogP contribution in [-0.2, 0) is 4.79 Å². The van der Waals surface area contributed by atoms with E-state index in [0.717, 1.165) is 41.4 Å². The fourth-order valence-electron chi connectivity index (χ4n) is 4.66. The summed E-state index contributed by atoms with van der Waals surface area (Å²) in [5.74, 6) is 0. The molecular formula is C26H39N5OS. The highest BCUT2D eigenvalue weighted by Crippen LogP contribution is 2.32. The second kappa shape index (κ2) is 10.7. The fraction of sp³-hybridized carbons (Fsp3) is 0.500. The van der Waals surface area contributed by atoms with Crippen LogP contribution in [0.15, 0.2) is 36.6 Å². The number of hydrogen-bond acceptors (Lipinski definition) is 6. The van der Waals surface area contributed by atoms with Crippen molar-refractivity contribution in [2.75, 3.05) is 21.1 Å². The molecule has 33 heavy (non-hydrogen) atoms. The van der Waals surface area contributed by atoms with Crippen molar-refractivity contribution in [1.29, 1.82) is 10.8 Å². The molecule has 1 aromatic rings. The van der Waals surface area contributed by atoms with Crippen molar-refractivity contribution < 1.29 is 4.79 Å². The minimum atomic E-state index is 0.00162. The van der Waals surface area contributed by atoms with E-state index in [1.165, 1.54) is 17.8 Å². The number of allylic oxidation sites excluding steroid dienone is 3. The highest BCUT2D eigenvalue weighted by atomic mass is 32.2.